The third-order valence-electron chi connectivity index (χ3n) is 5.55. The molecule has 1 aliphatic rings. The Hall–Kier alpha value is -2.40. The van der Waals surface area contributed by atoms with Gasteiger partial charge in [0.15, 0.2) is 0 Å². The summed E-state index contributed by atoms with van der Waals surface area (Å²) >= 11 is 0. The standard InChI is InChI=1S/C23H31N3O2/c1-4-25(17-20-8-6-5-7-9-20)23(27)19(3)26-14-11-21(12-15-26)28-22-10-13-24-16-18(22)2/h5-10,13,16,19,21H,4,11-12,14-15,17H2,1-3H3. The Morgan fingerprint density at radius 3 is 2.61 bits per heavy atom. The Balaban J connectivity index is 1.52. The van der Waals surface area contributed by atoms with Crippen LogP contribution < -0.4 is 4.74 Å². The number of aromatic nitrogens is 1. The maximum Gasteiger partial charge on any atom is 0.239 e. The van der Waals surface area contributed by atoms with Gasteiger partial charge in [-0.15, -0.1) is 0 Å². The molecule has 1 aromatic carbocycles. The number of carbonyl (C=O) groups excluding carboxylic acids is 1. The van der Waals surface area contributed by atoms with E-state index in [0.29, 0.717) is 6.54 Å². The highest BCUT2D eigenvalue weighted by Gasteiger charge is 2.29. The Kier molecular flexibility index (Phi) is 7.04. The number of nitrogens with zero attached hydrogens (tertiary/aromatic N) is 3. The zero-order valence-corrected chi connectivity index (χ0v) is 17.2. The van der Waals surface area contributed by atoms with Crippen LogP contribution in [-0.4, -0.2) is 52.5 Å². The molecule has 5 heteroatoms. The predicted molar refractivity (Wildman–Crippen MR) is 111 cm³/mol. The number of likely N-dealkylation sites (tertiary alicyclic amines) is 1. The number of ether oxygens (including phenoxy) is 1. The lowest BCUT2D eigenvalue weighted by Gasteiger charge is -2.37. The summed E-state index contributed by atoms with van der Waals surface area (Å²) in [6.07, 6.45) is 5.67. The van der Waals surface area contributed by atoms with Gasteiger partial charge in [0.05, 0.1) is 6.04 Å². The lowest BCUT2D eigenvalue weighted by atomic mass is 10.0. The van der Waals surface area contributed by atoms with E-state index in [2.05, 4.69) is 22.0 Å². The Morgan fingerprint density at radius 2 is 1.96 bits per heavy atom. The van der Waals surface area contributed by atoms with Crippen LogP contribution >= 0.6 is 0 Å². The van der Waals surface area contributed by atoms with E-state index in [-0.39, 0.29) is 18.1 Å². The van der Waals surface area contributed by atoms with Crippen LogP contribution in [0.4, 0.5) is 0 Å². The molecule has 3 rings (SSSR count). The van der Waals surface area contributed by atoms with Crippen LogP contribution in [0.3, 0.4) is 0 Å². The van der Waals surface area contributed by atoms with Crippen LogP contribution in [0.2, 0.25) is 0 Å². The fraction of sp³-hybridized carbons (Fsp3) is 0.478. The van der Waals surface area contributed by atoms with Gasteiger partial charge in [-0.2, -0.15) is 0 Å². The SMILES string of the molecule is CCN(Cc1ccccc1)C(=O)C(C)N1CCC(Oc2ccncc2C)CC1. The average Bonchev–Trinajstić information content (AvgIpc) is 2.74. The van der Waals surface area contributed by atoms with Crippen molar-refractivity contribution >= 4 is 5.91 Å². The van der Waals surface area contributed by atoms with Gasteiger partial charge in [-0.25, -0.2) is 0 Å². The number of aryl methyl sites for hydroxylation is 1. The maximum absolute atomic E-state index is 13.0. The third-order valence-corrected chi connectivity index (χ3v) is 5.55. The molecule has 0 bridgehead atoms. The summed E-state index contributed by atoms with van der Waals surface area (Å²) in [6, 6.07) is 12.0. The van der Waals surface area contributed by atoms with Crippen molar-refractivity contribution < 1.29 is 9.53 Å². The lowest BCUT2D eigenvalue weighted by molar-refractivity contribution is -0.137. The van der Waals surface area contributed by atoms with Crippen LogP contribution in [0.5, 0.6) is 5.75 Å². The van der Waals surface area contributed by atoms with Crippen molar-refractivity contribution in [2.45, 2.75) is 52.3 Å². The number of hydrogen-bond donors (Lipinski definition) is 0. The molecule has 1 aliphatic heterocycles. The molecule has 1 aromatic heterocycles. The second-order valence-electron chi connectivity index (χ2n) is 7.51. The Labute approximate surface area is 168 Å². The van der Waals surface area contributed by atoms with Crippen molar-refractivity contribution in [1.29, 1.82) is 0 Å². The summed E-state index contributed by atoms with van der Waals surface area (Å²) in [5.74, 6) is 1.12. The minimum absolute atomic E-state index is 0.104. The van der Waals surface area contributed by atoms with E-state index in [9.17, 15) is 4.79 Å². The molecule has 5 nitrogen and oxygen atoms in total. The summed E-state index contributed by atoms with van der Waals surface area (Å²) in [5, 5.41) is 0. The fourth-order valence-corrected chi connectivity index (χ4v) is 3.72. The van der Waals surface area contributed by atoms with Crippen LogP contribution in [0.15, 0.2) is 48.8 Å². The average molecular weight is 382 g/mol. The smallest absolute Gasteiger partial charge is 0.239 e. The Bertz CT molecular complexity index is 757. The second kappa shape index (κ2) is 9.69. The van der Waals surface area contributed by atoms with Gasteiger partial charge in [-0.3, -0.25) is 14.7 Å². The van der Waals surface area contributed by atoms with E-state index in [4.69, 9.17) is 4.74 Å². The highest BCUT2D eigenvalue weighted by atomic mass is 16.5. The number of likely N-dealkylation sites (N-methyl/N-ethyl adjacent to an activating group) is 1. The summed E-state index contributed by atoms with van der Waals surface area (Å²) in [5.41, 5.74) is 2.23. The van der Waals surface area contributed by atoms with Crippen molar-refractivity contribution in [1.82, 2.24) is 14.8 Å². The van der Waals surface area contributed by atoms with Crippen LogP contribution in [0.25, 0.3) is 0 Å². The first-order valence-corrected chi connectivity index (χ1v) is 10.2. The Morgan fingerprint density at radius 1 is 1.25 bits per heavy atom. The zero-order chi connectivity index (χ0) is 19.9. The van der Waals surface area contributed by atoms with E-state index in [1.165, 1.54) is 5.56 Å². The van der Waals surface area contributed by atoms with Gasteiger partial charge >= 0.3 is 0 Å². The van der Waals surface area contributed by atoms with E-state index in [1.807, 2.05) is 56.1 Å². The third kappa shape index (κ3) is 5.10. The van der Waals surface area contributed by atoms with E-state index >= 15 is 0 Å². The molecule has 0 radical (unpaired) electrons. The molecule has 1 saturated heterocycles. The van der Waals surface area contributed by atoms with Gasteiger partial charge in [-0.05, 0) is 45.2 Å². The van der Waals surface area contributed by atoms with Crippen molar-refractivity contribution in [3.8, 4) is 5.75 Å². The minimum atomic E-state index is -0.104. The summed E-state index contributed by atoms with van der Waals surface area (Å²) in [7, 11) is 0. The number of amides is 1. The van der Waals surface area contributed by atoms with Crippen molar-refractivity contribution in [3.63, 3.8) is 0 Å². The number of rotatable bonds is 7. The fourth-order valence-electron chi connectivity index (χ4n) is 3.72. The zero-order valence-electron chi connectivity index (χ0n) is 17.2. The van der Waals surface area contributed by atoms with Crippen molar-refractivity contribution in [3.05, 3.63) is 59.9 Å². The second-order valence-corrected chi connectivity index (χ2v) is 7.51. The minimum Gasteiger partial charge on any atom is -0.490 e. The maximum atomic E-state index is 13.0. The lowest BCUT2D eigenvalue weighted by Crippen LogP contribution is -2.50. The summed E-state index contributed by atoms with van der Waals surface area (Å²) in [6.45, 7) is 9.24. The highest BCUT2D eigenvalue weighted by molar-refractivity contribution is 5.81. The van der Waals surface area contributed by atoms with Gasteiger partial charge in [0, 0.05) is 44.1 Å². The molecule has 28 heavy (non-hydrogen) atoms. The quantitative estimate of drug-likeness (QED) is 0.734. The summed E-state index contributed by atoms with van der Waals surface area (Å²) in [4.78, 5) is 21.4. The number of benzene rings is 1. The van der Waals surface area contributed by atoms with E-state index < -0.39 is 0 Å². The van der Waals surface area contributed by atoms with Gasteiger partial charge < -0.3 is 9.64 Å². The molecule has 150 valence electrons. The molecule has 2 aromatic rings. The van der Waals surface area contributed by atoms with Crippen molar-refractivity contribution in [2.24, 2.45) is 0 Å². The number of piperidine rings is 1. The first kappa shape index (κ1) is 20.3. The first-order chi connectivity index (χ1) is 13.6. The van der Waals surface area contributed by atoms with Crippen LogP contribution in [0.1, 0.15) is 37.8 Å². The largest absolute Gasteiger partial charge is 0.490 e. The van der Waals surface area contributed by atoms with E-state index in [1.54, 1.807) is 6.20 Å². The molecule has 0 saturated carbocycles. The molecule has 0 spiro atoms. The van der Waals surface area contributed by atoms with Gasteiger partial charge in [-0.1, -0.05) is 30.3 Å². The van der Waals surface area contributed by atoms with Crippen LogP contribution in [-0.2, 0) is 11.3 Å². The van der Waals surface area contributed by atoms with Crippen LogP contribution in [0, 0.1) is 6.92 Å². The van der Waals surface area contributed by atoms with E-state index in [0.717, 1.165) is 43.8 Å². The van der Waals surface area contributed by atoms with Gasteiger partial charge in [0.2, 0.25) is 5.91 Å². The molecule has 1 unspecified atom stereocenters. The number of hydrogen-bond acceptors (Lipinski definition) is 4. The topological polar surface area (TPSA) is 45.7 Å². The molecule has 1 atom stereocenters. The molecule has 1 amide bonds. The molecule has 0 N–H and O–H groups in total. The molecule has 1 fully saturated rings. The summed E-state index contributed by atoms with van der Waals surface area (Å²) < 4.78 is 6.16. The first-order valence-electron chi connectivity index (χ1n) is 10.2. The molecule has 0 aliphatic carbocycles. The van der Waals surface area contributed by atoms with Crippen molar-refractivity contribution in [2.75, 3.05) is 19.6 Å². The molecule has 2 heterocycles. The molecular formula is C23H31N3O2. The molecular weight excluding hydrogens is 350 g/mol. The number of pyridine rings is 1. The predicted octanol–water partition coefficient (Wildman–Crippen LogP) is 3.67. The van der Waals surface area contributed by atoms with Gasteiger partial charge in [0.25, 0.3) is 0 Å². The monoisotopic (exact) mass is 381 g/mol. The highest BCUT2D eigenvalue weighted by Crippen LogP contribution is 2.23. The normalized spacial score (nSPS) is 16.5. The number of carbonyl (C=O) groups is 1. The van der Waals surface area contributed by atoms with Gasteiger partial charge in [0.1, 0.15) is 11.9 Å².